The van der Waals surface area contributed by atoms with Crippen LogP contribution in [0.3, 0.4) is 0 Å². The SMILES string of the molecule is CCC1CCN(C)CC1.[W]. The molecule has 1 rings (SSSR count). The Balaban J connectivity index is 0.000000810. The van der Waals surface area contributed by atoms with Crippen LogP contribution >= 0.6 is 0 Å². The van der Waals surface area contributed by atoms with Gasteiger partial charge in [0.25, 0.3) is 0 Å². The smallest absolute Gasteiger partial charge is 0 e. The molecule has 60 valence electrons. The van der Waals surface area contributed by atoms with E-state index in [1.54, 1.807) is 0 Å². The van der Waals surface area contributed by atoms with Crippen LogP contribution in [0.4, 0.5) is 0 Å². The van der Waals surface area contributed by atoms with Crippen LogP contribution in [0.2, 0.25) is 0 Å². The van der Waals surface area contributed by atoms with Crippen LogP contribution in [0, 0.1) is 5.92 Å². The Morgan fingerprint density at radius 2 is 1.80 bits per heavy atom. The second-order valence-corrected chi connectivity index (χ2v) is 3.15. The summed E-state index contributed by atoms with van der Waals surface area (Å²) in [5, 5.41) is 0. The maximum atomic E-state index is 2.42. The number of nitrogens with zero attached hydrogens (tertiary/aromatic N) is 1. The van der Waals surface area contributed by atoms with Crippen molar-refractivity contribution in [2.45, 2.75) is 26.2 Å². The van der Waals surface area contributed by atoms with Gasteiger partial charge >= 0.3 is 0 Å². The predicted octanol–water partition coefficient (Wildman–Crippen LogP) is 1.74. The maximum absolute atomic E-state index is 2.42. The molecule has 0 atom stereocenters. The first-order valence-electron chi connectivity index (χ1n) is 4.01. The Labute approximate surface area is 78.4 Å². The van der Waals surface area contributed by atoms with Gasteiger partial charge in [0.1, 0.15) is 0 Å². The normalized spacial score (nSPS) is 22.2. The first-order chi connectivity index (χ1) is 4.33. The van der Waals surface area contributed by atoms with Crippen LogP contribution in [-0.2, 0) is 21.1 Å². The summed E-state index contributed by atoms with van der Waals surface area (Å²) in [4.78, 5) is 2.42. The molecule has 0 aromatic rings. The van der Waals surface area contributed by atoms with Crippen LogP contribution in [0.15, 0.2) is 0 Å². The molecule has 0 aromatic carbocycles. The quantitative estimate of drug-likeness (QED) is 0.713. The molecule has 0 radical (unpaired) electrons. The Morgan fingerprint density at radius 3 is 2.20 bits per heavy atom. The minimum Gasteiger partial charge on any atom is -0.306 e. The summed E-state index contributed by atoms with van der Waals surface area (Å²) in [6.07, 6.45) is 4.23. The van der Waals surface area contributed by atoms with Crippen molar-refractivity contribution in [3.8, 4) is 0 Å². The fourth-order valence-corrected chi connectivity index (χ4v) is 1.47. The molecule has 0 N–H and O–H groups in total. The van der Waals surface area contributed by atoms with Gasteiger partial charge in [0.2, 0.25) is 0 Å². The molecule has 1 saturated heterocycles. The summed E-state index contributed by atoms with van der Waals surface area (Å²) in [7, 11) is 2.21. The molecule has 0 unspecified atom stereocenters. The van der Waals surface area contributed by atoms with Crippen LogP contribution in [-0.4, -0.2) is 25.0 Å². The van der Waals surface area contributed by atoms with Crippen molar-refractivity contribution in [1.82, 2.24) is 4.90 Å². The van der Waals surface area contributed by atoms with Gasteiger partial charge in [0, 0.05) is 21.1 Å². The van der Waals surface area contributed by atoms with Gasteiger partial charge in [0.15, 0.2) is 0 Å². The van der Waals surface area contributed by atoms with Gasteiger partial charge in [-0.3, -0.25) is 0 Å². The Morgan fingerprint density at radius 1 is 1.30 bits per heavy atom. The third-order valence-electron chi connectivity index (χ3n) is 2.42. The second kappa shape index (κ2) is 5.32. The molecule has 1 aliphatic rings. The Hall–Kier alpha value is 0.648. The molecule has 2 heteroatoms. The zero-order chi connectivity index (χ0) is 6.69. The third-order valence-corrected chi connectivity index (χ3v) is 2.42. The van der Waals surface area contributed by atoms with E-state index in [0.717, 1.165) is 5.92 Å². The molecular weight excluding hydrogens is 294 g/mol. The van der Waals surface area contributed by atoms with Crippen molar-refractivity contribution in [3.05, 3.63) is 0 Å². The summed E-state index contributed by atoms with van der Waals surface area (Å²) in [6, 6.07) is 0. The summed E-state index contributed by atoms with van der Waals surface area (Å²) >= 11 is 0. The number of likely N-dealkylation sites (tertiary alicyclic amines) is 1. The average Bonchev–Trinajstić information content (AvgIpc) is 1.90. The van der Waals surface area contributed by atoms with Gasteiger partial charge in [-0.15, -0.1) is 0 Å². The number of hydrogen-bond acceptors (Lipinski definition) is 1. The van der Waals surface area contributed by atoms with Gasteiger partial charge < -0.3 is 4.90 Å². The predicted molar refractivity (Wildman–Crippen MR) is 40.5 cm³/mol. The fourth-order valence-electron chi connectivity index (χ4n) is 1.47. The summed E-state index contributed by atoms with van der Waals surface area (Å²) in [5.74, 6) is 1.03. The van der Waals surface area contributed by atoms with Crippen LogP contribution in [0.25, 0.3) is 0 Å². The molecule has 0 bridgehead atoms. The molecule has 1 nitrogen and oxygen atoms in total. The average molecular weight is 311 g/mol. The van der Waals surface area contributed by atoms with Crippen molar-refractivity contribution < 1.29 is 21.1 Å². The third kappa shape index (κ3) is 3.16. The van der Waals surface area contributed by atoms with E-state index in [9.17, 15) is 0 Å². The zero-order valence-electron chi connectivity index (χ0n) is 6.97. The molecule has 10 heavy (non-hydrogen) atoms. The van der Waals surface area contributed by atoms with Crippen molar-refractivity contribution in [2.24, 2.45) is 5.92 Å². The van der Waals surface area contributed by atoms with Gasteiger partial charge in [-0.2, -0.15) is 0 Å². The van der Waals surface area contributed by atoms with E-state index >= 15 is 0 Å². The van der Waals surface area contributed by atoms with Gasteiger partial charge in [-0.05, 0) is 38.9 Å². The number of hydrogen-bond donors (Lipinski definition) is 0. The van der Waals surface area contributed by atoms with Crippen molar-refractivity contribution in [2.75, 3.05) is 20.1 Å². The fraction of sp³-hybridized carbons (Fsp3) is 1.00. The van der Waals surface area contributed by atoms with E-state index < -0.39 is 0 Å². The van der Waals surface area contributed by atoms with Crippen LogP contribution < -0.4 is 0 Å². The number of rotatable bonds is 1. The molecule has 1 fully saturated rings. The van der Waals surface area contributed by atoms with E-state index in [4.69, 9.17) is 0 Å². The molecular formula is C8H17NW. The topological polar surface area (TPSA) is 3.24 Å². The van der Waals surface area contributed by atoms with Gasteiger partial charge in [0.05, 0.1) is 0 Å². The molecule has 0 spiro atoms. The van der Waals surface area contributed by atoms with Crippen LogP contribution in [0.5, 0.6) is 0 Å². The largest absolute Gasteiger partial charge is 0.306 e. The second-order valence-electron chi connectivity index (χ2n) is 3.15. The van der Waals surface area contributed by atoms with Gasteiger partial charge in [-0.1, -0.05) is 13.3 Å². The summed E-state index contributed by atoms with van der Waals surface area (Å²) < 4.78 is 0. The van der Waals surface area contributed by atoms with E-state index in [1.807, 2.05) is 0 Å². The Kier molecular flexibility index (Phi) is 5.66. The van der Waals surface area contributed by atoms with E-state index in [-0.39, 0.29) is 21.1 Å². The summed E-state index contributed by atoms with van der Waals surface area (Å²) in [5.41, 5.74) is 0. The van der Waals surface area contributed by atoms with E-state index in [0.29, 0.717) is 0 Å². The van der Waals surface area contributed by atoms with Crippen molar-refractivity contribution in [1.29, 1.82) is 0 Å². The minimum absolute atomic E-state index is 0. The standard InChI is InChI=1S/C8H17N.W/c1-3-8-4-6-9(2)7-5-8;/h8H,3-7H2,1-2H3;. The monoisotopic (exact) mass is 311 g/mol. The minimum atomic E-state index is 0. The molecule has 0 aliphatic carbocycles. The molecule has 1 heterocycles. The van der Waals surface area contributed by atoms with Crippen molar-refractivity contribution in [3.63, 3.8) is 0 Å². The molecule has 0 saturated carbocycles. The number of piperidine rings is 1. The Bertz CT molecular complexity index is 77.3. The van der Waals surface area contributed by atoms with Crippen molar-refractivity contribution >= 4 is 0 Å². The van der Waals surface area contributed by atoms with E-state index in [2.05, 4.69) is 18.9 Å². The zero-order valence-corrected chi connectivity index (χ0v) is 9.90. The first-order valence-corrected chi connectivity index (χ1v) is 4.01. The molecule has 1 aliphatic heterocycles. The maximum Gasteiger partial charge on any atom is 0 e. The van der Waals surface area contributed by atoms with Gasteiger partial charge in [-0.25, -0.2) is 0 Å². The summed E-state index contributed by atoms with van der Waals surface area (Å²) in [6.45, 7) is 4.94. The van der Waals surface area contributed by atoms with Crippen LogP contribution in [0.1, 0.15) is 26.2 Å². The van der Waals surface area contributed by atoms with E-state index in [1.165, 1.54) is 32.4 Å². The molecule has 0 amide bonds. The first kappa shape index (κ1) is 10.6. The molecule has 0 aromatic heterocycles.